The fourth-order valence-corrected chi connectivity index (χ4v) is 5.91. The fraction of sp³-hybridized carbons (Fsp3) is 0.444. The van der Waals surface area contributed by atoms with Crippen LogP contribution in [0.5, 0.6) is 0 Å². The molecule has 2 fully saturated rings. The number of aromatic amines is 1. The molecule has 2 bridgehead atoms. The van der Waals surface area contributed by atoms with Crippen LogP contribution in [0.4, 0.5) is 22.0 Å². The number of hydrogen-bond acceptors (Lipinski definition) is 8. The van der Waals surface area contributed by atoms with Gasteiger partial charge in [0.05, 0.1) is 24.3 Å². The number of H-pyrrole nitrogens is 1. The molecule has 0 spiro atoms. The summed E-state index contributed by atoms with van der Waals surface area (Å²) in [7, 11) is 0. The van der Waals surface area contributed by atoms with Gasteiger partial charge in [-0.2, -0.15) is 20.4 Å². The summed E-state index contributed by atoms with van der Waals surface area (Å²) in [6.45, 7) is 2.59. The number of rotatable bonds is 9. The summed E-state index contributed by atoms with van der Waals surface area (Å²) < 4.78 is 14.4. The molecule has 3 N–H and O–H groups in total. The van der Waals surface area contributed by atoms with E-state index in [1.807, 2.05) is 37.4 Å². The van der Waals surface area contributed by atoms with Crippen molar-refractivity contribution in [1.29, 1.82) is 5.26 Å². The molecule has 5 heterocycles. The molecule has 11 heteroatoms. The first-order valence-corrected chi connectivity index (χ1v) is 13.2. The van der Waals surface area contributed by atoms with Crippen LogP contribution in [0.3, 0.4) is 0 Å². The maximum absolute atomic E-state index is 12.8. The number of aryl methyl sites for hydroxylation is 2. The van der Waals surface area contributed by atoms with Crippen LogP contribution in [0, 0.1) is 18.3 Å². The summed E-state index contributed by atoms with van der Waals surface area (Å²) >= 11 is 0. The van der Waals surface area contributed by atoms with E-state index in [9.17, 15) is 4.39 Å². The number of anilines is 3. The Morgan fingerprint density at radius 2 is 1.97 bits per heavy atom. The number of fused-ring (bicyclic) bond motifs is 3. The van der Waals surface area contributed by atoms with E-state index < -0.39 is 6.67 Å². The van der Waals surface area contributed by atoms with E-state index in [1.165, 1.54) is 12.8 Å². The number of benzene rings is 1. The third-order valence-electron chi connectivity index (χ3n) is 7.63. The minimum Gasteiger partial charge on any atom is -0.351 e. The molecule has 196 valence electrons. The van der Waals surface area contributed by atoms with Crippen LogP contribution in [0.2, 0.25) is 0 Å². The first kappa shape index (κ1) is 24.3. The lowest BCUT2D eigenvalue weighted by Crippen LogP contribution is -2.47. The summed E-state index contributed by atoms with van der Waals surface area (Å²) in [6.07, 6.45) is 8.56. The van der Waals surface area contributed by atoms with Crippen LogP contribution in [0.1, 0.15) is 37.8 Å². The van der Waals surface area contributed by atoms with Crippen molar-refractivity contribution in [3.63, 3.8) is 0 Å². The van der Waals surface area contributed by atoms with Crippen molar-refractivity contribution in [2.75, 3.05) is 23.9 Å². The molecule has 6 rings (SSSR count). The molecule has 2 aliphatic rings. The molecule has 3 atom stereocenters. The molecule has 2 aliphatic heterocycles. The van der Waals surface area contributed by atoms with Gasteiger partial charge < -0.3 is 10.6 Å². The zero-order valence-electron chi connectivity index (χ0n) is 21.4. The molecule has 1 unspecified atom stereocenters. The Hall–Kier alpha value is -4.04. The Bertz CT molecular complexity index is 1460. The van der Waals surface area contributed by atoms with Gasteiger partial charge in [-0.1, -0.05) is 6.07 Å². The summed E-state index contributed by atoms with van der Waals surface area (Å²) in [5, 5.41) is 28.4. The predicted molar refractivity (Wildman–Crippen MR) is 144 cm³/mol. The molecule has 0 saturated carbocycles. The molecular formula is C27H31FN10. The number of alkyl halides is 1. The molecule has 3 aromatic heterocycles. The highest BCUT2D eigenvalue weighted by Gasteiger charge is 2.40. The molecule has 0 aliphatic carbocycles. The first-order valence-electron chi connectivity index (χ1n) is 13.2. The number of aromatic nitrogens is 6. The number of nitrogens with zero attached hydrogens (tertiary/aromatic N) is 7. The second-order valence-electron chi connectivity index (χ2n) is 10.2. The van der Waals surface area contributed by atoms with E-state index in [1.54, 1.807) is 10.9 Å². The lowest BCUT2D eigenvalue weighted by molar-refractivity contribution is 0.135. The second kappa shape index (κ2) is 10.4. The number of hydrogen-bond donors (Lipinski definition) is 3. The third kappa shape index (κ3) is 4.91. The summed E-state index contributed by atoms with van der Waals surface area (Å²) in [6, 6.07) is 11.5. The Kier molecular flexibility index (Phi) is 6.64. The van der Waals surface area contributed by atoms with Crippen LogP contribution in [-0.2, 0) is 6.54 Å². The Morgan fingerprint density at radius 1 is 1.13 bits per heavy atom. The topological polar surface area (TPSA) is 123 Å². The number of halogens is 1. The minimum absolute atomic E-state index is 0.234. The predicted octanol–water partition coefficient (Wildman–Crippen LogP) is 4.56. The number of nitriles is 1. The molecule has 1 aromatic carbocycles. The van der Waals surface area contributed by atoms with Crippen molar-refractivity contribution in [2.24, 2.45) is 0 Å². The van der Waals surface area contributed by atoms with Gasteiger partial charge in [-0.15, -0.1) is 0 Å². The van der Waals surface area contributed by atoms with Gasteiger partial charge in [-0.05, 0) is 50.3 Å². The van der Waals surface area contributed by atoms with Crippen molar-refractivity contribution in [1.82, 2.24) is 34.8 Å². The average molecular weight is 515 g/mol. The van der Waals surface area contributed by atoms with Gasteiger partial charge in [0.2, 0.25) is 5.95 Å². The molecule has 2 saturated heterocycles. The molecule has 0 radical (unpaired) electrons. The van der Waals surface area contributed by atoms with Gasteiger partial charge in [-0.3, -0.25) is 14.7 Å². The van der Waals surface area contributed by atoms with E-state index >= 15 is 0 Å². The summed E-state index contributed by atoms with van der Waals surface area (Å²) in [5.74, 6) is 1.94. The van der Waals surface area contributed by atoms with E-state index in [0.29, 0.717) is 36.1 Å². The van der Waals surface area contributed by atoms with Crippen LogP contribution >= 0.6 is 0 Å². The molecule has 4 aromatic rings. The number of nitrogens with one attached hydrogen (secondary N) is 3. The molecule has 38 heavy (non-hydrogen) atoms. The standard InChI is InChI=1S/C27H31FN10/c1-17-11-25(36-35-17)33-26-23-6-3-18(19-15-30-37(16-19)10-7-28)12-24(23)32-27(34-26)31-20-13-21-4-5-22(14-20)38(21)9-2-8-29/h3,6,11-12,15-16,20-22H,2,4-5,7,9-10,13-14H2,1H3,(H3,31,32,33,34,35,36)/t20?,21-,22+. The van der Waals surface area contributed by atoms with Crippen molar-refractivity contribution in [2.45, 2.75) is 63.7 Å². The van der Waals surface area contributed by atoms with Crippen molar-refractivity contribution < 1.29 is 4.39 Å². The van der Waals surface area contributed by atoms with Crippen molar-refractivity contribution in [3.8, 4) is 17.2 Å². The SMILES string of the molecule is Cc1cc(Nc2nc(NC3C[C@H]4CC[C@@H](C3)N4CCC#N)nc3cc(-c4cnn(CCF)c4)ccc23)n[nH]1. The zero-order valence-corrected chi connectivity index (χ0v) is 21.4. The van der Waals surface area contributed by atoms with Crippen LogP contribution in [-0.4, -0.2) is 66.2 Å². The maximum atomic E-state index is 12.8. The van der Waals surface area contributed by atoms with Gasteiger partial charge >= 0.3 is 0 Å². The lowest BCUT2D eigenvalue weighted by Gasteiger charge is -2.38. The fourth-order valence-electron chi connectivity index (χ4n) is 5.91. The largest absolute Gasteiger partial charge is 0.351 e. The van der Waals surface area contributed by atoms with E-state index in [-0.39, 0.29) is 12.6 Å². The van der Waals surface area contributed by atoms with Gasteiger partial charge in [-0.25, -0.2) is 9.37 Å². The van der Waals surface area contributed by atoms with Gasteiger partial charge in [0.25, 0.3) is 0 Å². The zero-order chi connectivity index (χ0) is 26.1. The minimum atomic E-state index is -0.457. The lowest BCUT2D eigenvalue weighted by atomic mass is 9.97. The number of piperidine rings is 1. The average Bonchev–Trinajstić information content (AvgIpc) is 3.60. The van der Waals surface area contributed by atoms with E-state index in [4.69, 9.17) is 15.2 Å². The van der Waals surface area contributed by atoms with E-state index in [2.05, 4.69) is 36.9 Å². The maximum Gasteiger partial charge on any atom is 0.225 e. The molecule has 10 nitrogen and oxygen atoms in total. The highest BCUT2D eigenvalue weighted by Crippen LogP contribution is 2.37. The highest BCUT2D eigenvalue weighted by molar-refractivity contribution is 5.94. The van der Waals surface area contributed by atoms with Gasteiger partial charge in [0.15, 0.2) is 5.82 Å². The molecular weight excluding hydrogens is 483 g/mol. The monoisotopic (exact) mass is 514 g/mol. The Balaban J connectivity index is 1.30. The van der Waals surface area contributed by atoms with Crippen molar-refractivity contribution >= 4 is 28.5 Å². The van der Waals surface area contributed by atoms with Crippen molar-refractivity contribution in [3.05, 3.63) is 42.4 Å². The third-order valence-corrected chi connectivity index (χ3v) is 7.63. The Labute approximate surface area is 220 Å². The smallest absolute Gasteiger partial charge is 0.225 e. The highest BCUT2D eigenvalue weighted by atomic mass is 19.1. The van der Waals surface area contributed by atoms with Crippen LogP contribution in [0.15, 0.2) is 36.7 Å². The second-order valence-corrected chi connectivity index (χ2v) is 10.2. The summed E-state index contributed by atoms with van der Waals surface area (Å²) in [5.41, 5.74) is 3.61. The molecule has 0 amide bonds. The van der Waals surface area contributed by atoms with E-state index in [0.717, 1.165) is 47.1 Å². The quantitative estimate of drug-likeness (QED) is 0.297. The van der Waals surface area contributed by atoms with Gasteiger partial charge in [0.1, 0.15) is 12.5 Å². The van der Waals surface area contributed by atoms with Crippen LogP contribution < -0.4 is 10.6 Å². The summed E-state index contributed by atoms with van der Waals surface area (Å²) in [4.78, 5) is 12.3. The van der Waals surface area contributed by atoms with Gasteiger partial charge in [0, 0.05) is 60.0 Å². The first-order chi connectivity index (χ1) is 18.6. The Morgan fingerprint density at radius 3 is 2.71 bits per heavy atom. The van der Waals surface area contributed by atoms with Crippen LogP contribution in [0.25, 0.3) is 22.0 Å². The normalized spacial score (nSPS) is 21.0.